The van der Waals surface area contributed by atoms with Crippen LogP contribution in [0.25, 0.3) is 10.8 Å². The number of benzene rings is 2. The molecule has 2 aromatic carbocycles. The summed E-state index contributed by atoms with van der Waals surface area (Å²) in [6.45, 7) is 3.84. The highest BCUT2D eigenvalue weighted by molar-refractivity contribution is 6.18. The second-order valence-corrected chi connectivity index (χ2v) is 4.21. The predicted octanol–water partition coefficient (Wildman–Crippen LogP) is 3.99. The molecule has 2 nitrogen and oxygen atoms in total. The molecule has 3 heteroatoms. The summed E-state index contributed by atoms with van der Waals surface area (Å²) in [6.07, 6.45) is 0. The predicted molar refractivity (Wildman–Crippen MR) is 75.5 cm³/mol. The molecule has 0 saturated carbocycles. The van der Waals surface area contributed by atoms with E-state index in [0.29, 0.717) is 25.7 Å². The Bertz CT molecular complexity index is 511. The maximum absolute atomic E-state index is 6.04. The van der Waals surface area contributed by atoms with E-state index in [1.165, 1.54) is 5.39 Å². The Morgan fingerprint density at radius 2 is 1.89 bits per heavy atom. The van der Waals surface area contributed by atoms with E-state index in [1.807, 2.05) is 25.1 Å². The van der Waals surface area contributed by atoms with Crippen LogP contribution in [-0.2, 0) is 10.6 Å². The summed E-state index contributed by atoms with van der Waals surface area (Å²) in [5.74, 6) is 1.30. The summed E-state index contributed by atoms with van der Waals surface area (Å²) in [7, 11) is 0. The molecule has 0 N–H and O–H groups in total. The smallest absolute Gasteiger partial charge is 0.124 e. The fraction of sp³-hybridized carbons (Fsp3) is 0.333. The van der Waals surface area contributed by atoms with Gasteiger partial charge in [-0.2, -0.15) is 0 Å². The lowest BCUT2D eigenvalue weighted by Crippen LogP contribution is -2.07. The van der Waals surface area contributed by atoms with Gasteiger partial charge in [0.05, 0.1) is 12.5 Å². The second-order valence-electron chi connectivity index (χ2n) is 3.94. The van der Waals surface area contributed by atoms with E-state index < -0.39 is 0 Å². The van der Waals surface area contributed by atoms with Gasteiger partial charge in [-0.05, 0) is 23.8 Å². The first kappa shape index (κ1) is 13.2. The van der Waals surface area contributed by atoms with E-state index in [1.54, 1.807) is 0 Å². The highest BCUT2D eigenvalue weighted by atomic mass is 35.5. The van der Waals surface area contributed by atoms with Gasteiger partial charge in [-0.15, -0.1) is 11.6 Å². The zero-order valence-corrected chi connectivity index (χ0v) is 11.2. The van der Waals surface area contributed by atoms with Crippen molar-refractivity contribution >= 4 is 22.4 Å². The second kappa shape index (κ2) is 6.62. The lowest BCUT2D eigenvalue weighted by Gasteiger charge is -2.12. The van der Waals surface area contributed by atoms with E-state index >= 15 is 0 Å². The number of ether oxygens (including phenoxy) is 2. The highest BCUT2D eigenvalue weighted by Gasteiger charge is 2.07. The molecule has 96 valence electrons. The normalized spacial score (nSPS) is 10.8. The molecule has 0 spiro atoms. The van der Waals surface area contributed by atoms with Crippen molar-refractivity contribution in [1.82, 2.24) is 0 Å². The summed E-state index contributed by atoms with van der Waals surface area (Å²) in [5, 5.41) is 2.34. The van der Waals surface area contributed by atoms with Gasteiger partial charge in [0.25, 0.3) is 0 Å². The van der Waals surface area contributed by atoms with Crippen molar-refractivity contribution in [1.29, 1.82) is 0 Å². The average molecular weight is 265 g/mol. The topological polar surface area (TPSA) is 18.5 Å². The number of fused-ring (bicyclic) bond motifs is 1. The van der Waals surface area contributed by atoms with Crippen molar-refractivity contribution in [2.45, 2.75) is 12.8 Å². The Morgan fingerprint density at radius 1 is 1.06 bits per heavy atom. The van der Waals surface area contributed by atoms with Crippen LogP contribution >= 0.6 is 11.6 Å². The fourth-order valence-electron chi connectivity index (χ4n) is 1.94. The van der Waals surface area contributed by atoms with Gasteiger partial charge >= 0.3 is 0 Å². The van der Waals surface area contributed by atoms with Crippen LogP contribution in [0.3, 0.4) is 0 Å². The third-order valence-electron chi connectivity index (χ3n) is 2.82. The van der Waals surface area contributed by atoms with E-state index in [-0.39, 0.29) is 0 Å². The third-order valence-corrected chi connectivity index (χ3v) is 3.09. The fourth-order valence-corrected chi connectivity index (χ4v) is 2.22. The molecule has 0 aliphatic carbocycles. The lowest BCUT2D eigenvalue weighted by molar-refractivity contribution is 0.110. The minimum Gasteiger partial charge on any atom is -0.491 e. The van der Waals surface area contributed by atoms with Crippen LogP contribution in [0.1, 0.15) is 12.5 Å². The van der Waals surface area contributed by atoms with Gasteiger partial charge in [-0.25, -0.2) is 0 Å². The van der Waals surface area contributed by atoms with Crippen LogP contribution in [0.4, 0.5) is 0 Å². The van der Waals surface area contributed by atoms with Crippen LogP contribution in [0.2, 0.25) is 0 Å². The van der Waals surface area contributed by atoms with Crippen molar-refractivity contribution in [2.24, 2.45) is 0 Å². The molecule has 2 rings (SSSR count). The molecule has 0 aromatic heterocycles. The molecule has 0 atom stereocenters. The minimum atomic E-state index is 0.450. The Morgan fingerprint density at radius 3 is 2.67 bits per heavy atom. The van der Waals surface area contributed by atoms with Gasteiger partial charge in [0, 0.05) is 12.2 Å². The van der Waals surface area contributed by atoms with Gasteiger partial charge in [0.15, 0.2) is 0 Å². The van der Waals surface area contributed by atoms with Crippen LogP contribution in [-0.4, -0.2) is 19.8 Å². The van der Waals surface area contributed by atoms with Gasteiger partial charge in [-0.1, -0.05) is 30.3 Å². The maximum Gasteiger partial charge on any atom is 0.124 e. The van der Waals surface area contributed by atoms with Crippen LogP contribution < -0.4 is 4.74 Å². The van der Waals surface area contributed by atoms with Gasteiger partial charge in [0.2, 0.25) is 0 Å². The molecule has 0 fully saturated rings. The highest BCUT2D eigenvalue weighted by Crippen LogP contribution is 2.29. The monoisotopic (exact) mass is 264 g/mol. The van der Waals surface area contributed by atoms with Crippen LogP contribution in [0.5, 0.6) is 5.75 Å². The van der Waals surface area contributed by atoms with Crippen LogP contribution in [0.15, 0.2) is 36.4 Å². The summed E-state index contributed by atoms with van der Waals surface area (Å²) in [4.78, 5) is 0. The minimum absolute atomic E-state index is 0.450. The van der Waals surface area contributed by atoms with Crippen molar-refractivity contribution in [2.75, 3.05) is 19.8 Å². The number of halogens is 1. The van der Waals surface area contributed by atoms with E-state index in [4.69, 9.17) is 21.1 Å². The van der Waals surface area contributed by atoms with E-state index in [0.717, 1.165) is 16.7 Å². The summed E-state index contributed by atoms with van der Waals surface area (Å²) in [5.41, 5.74) is 1.05. The molecule has 0 amide bonds. The molecule has 0 radical (unpaired) electrons. The molecule has 0 unspecified atom stereocenters. The molecule has 0 heterocycles. The standard InChI is InChI=1S/C15H17ClO2/c1-2-17-9-10-18-15-8-7-12-5-3-4-6-13(12)14(15)11-16/h3-8H,2,9-11H2,1H3. The molecule has 2 aromatic rings. The Labute approximate surface area is 112 Å². The molecule has 0 saturated heterocycles. The van der Waals surface area contributed by atoms with Crippen molar-refractivity contribution in [3.63, 3.8) is 0 Å². The third kappa shape index (κ3) is 2.95. The van der Waals surface area contributed by atoms with Crippen molar-refractivity contribution in [3.05, 3.63) is 42.0 Å². The number of alkyl halides is 1. The van der Waals surface area contributed by atoms with E-state index in [2.05, 4.69) is 18.2 Å². The van der Waals surface area contributed by atoms with Gasteiger partial charge in [0.1, 0.15) is 12.4 Å². The molecule has 0 aliphatic heterocycles. The first-order valence-electron chi connectivity index (χ1n) is 6.14. The first-order valence-corrected chi connectivity index (χ1v) is 6.67. The zero-order valence-electron chi connectivity index (χ0n) is 10.5. The van der Waals surface area contributed by atoms with Crippen LogP contribution in [0, 0.1) is 0 Å². The zero-order chi connectivity index (χ0) is 12.8. The summed E-state index contributed by atoms with van der Waals surface area (Å²) in [6, 6.07) is 12.2. The first-order chi connectivity index (χ1) is 8.86. The van der Waals surface area contributed by atoms with Gasteiger partial charge in [-0.3, -0.25) is 0 Å². The number of hydrogen-bond donors (Lipinski definition) is 0. The summed E-state index contributed by atoms with van der Waals surface area (Å²) < 4.78 is 11.0. The van der Waals surface area contributed by atoms with Gasteiger partial charge < -0.3 is 9.47 Å². The average Bonchev–Trinajstić information content (AvgIpc) is 2.43. The molecule has 0 bridgehead atoms. The SMILES string of the molecule is CCOCCOc1ccc2ccccc2c1CCl. The number of hydrogen-bond acceptors (Lipinski definition) is 2. The Hall–Kier alpha value is -1.25. The largest absolute Gasteiger partial charge is 0.491 e. The molecular formula is C15H17ClO2. The number of rotatable bonds is 6. The molecular weight excluding hydrogens is 248 g/mol. The Balaban J connectivity index is 2.22. The molecule has 0 aliphatic rings. The summed E-state index contributed by atoms with van der Waals surface area (Å²) >= 11 is 6.04. The van der Waals surface area contributed by atoms with Crippen molar-refractivity contribution in [3.8, 4) is 5.75 Å². The lowest BCUT2D eigenvalue weighted by atomic mass is 10.0. The van der Waals surface area contributed by atoms with E-state index in [9.17, 15) is 0 Å². The Kier molecular flexibility index (Phi) is 4.85. The quantitative estimate of drug-likeness (QED) is 0.580. The molecule has 18 heavy (non-hydrogen) atoms. The van der Waals surface area contributed by atoms with Crippen molar-refractivity contribution < 1.29 is 9.47 Å². The maximum atomic E-state index is 6.04.